The standard InChI is InChI=1S/C20H14N2O5S/c1-2-26-19(24)12-5-3-4-11(6-12)15-10-21-9-13-7-14(27-17(13)15)8-16-18(23)22-20(25)28-16/h3-10H,2H2,1H3,(H,22,23,25). The van der Waals surface area contributed by atoms with E-state index in [4.69, 9.17) is 9.15 Å². The van der Waals surface area contributed by atoms with E-state index < -0.39 is 17.1 Å². The van der Waals surface area contributed by atoms with Gasteiger partial charge in [0.15, 0.2) is 0 Å². The number of thioether (sulfide) groups is 1. The van der Waals surface area contributed by atoms with Gasteiger partial charge in [-0.05, 0) is 42.4 Å². The molecule has 0 bridgehead atoms. The van der Waals surface area contributed by atoms with E-state index in [0.29, 0.717) is 29.1 Å². The first-order chi connectivity index (χ1) is 13.5. The summed E-state index contributed by atoms with van der Waals surface area (Å²) >= 11 is 0.823. The van der Waals surface area contributed by atoms with E-state index in [2.05, 4.69) is 10.3 Å². The van der Waals surface area contributed by atoms with Gasteiger partial charge in [-0.1, -0.05) is 12.1 Å². The average Bonchev–Trinajstić information content (AvgIpc) is 3.23. The Hall–Kier alpha value is -3.39. The summed E-state index contributed by atoms with van der Waals surface area (Å²) in [4.78, 5) is 39.6. The number of pyridine rings is 1. The van der Waals surface area contributed by atoms with Crippen LogP contribution in [0.3, 0.4) is 0 Å². The molecule has 140 valence electrons. The molecule has 0 atom stereocenters. The van der Waals surface area contributed by atoms with E-state index >= 15 is 0 Å². The normalized spacial score (nSPS) is 15.2. The molecule has 7 nitrogen and oxygen atoms in total. The number of ether oxygens (including phenoxy) is 1. The van der Waals surface area contributed by atoms with Crippen LogP contribution in [0.25, 0.3) is 28.2 Å². The minimum absolute atomic E-state index is 0.267. The van der Waals surface area contributed by atoms with Crippen LogP contribution < -0.4 is 5.32 Å². The van der Waals surface area contributed by atoms with Crippen molar-refractivity contribution in [2.45, 2.75) is 6.92 Å². The zero-order valence-electron chi connectivity index (χ0n) is 14.7. The third kappa shape index (κ3) is 3.41. The Morgan fingerprint density at radius 1 is 1.29 bits per heavy atom. The Balaban J connectivity index is 1.75. The van der Waals surface area contributed by atoms with Gasteiger partial charge in [0.2, 0.25) is 0 Å². The van der Waals surface area contributed by atoms with Crippen LogP contribution >= 0.6 is 11.8 Å². The Kier molecular flexibility index (Phi) is 4.70. The van der Waals surface area contributed by atoms with Crippen LogP contribution in [0, 0.1) is 0 Å². The van der Waals surface area contributed by atoms with Crippen LogP contribution in [-0.4, -0.2) is 28.7 Å². The molecule has 3 heterocycles. The number of hydrogen-bond acceptors (Lipinski definition) is 7. The molecule has 1 aliphatic rings. The molecular formula is C20H14N2O5S. The molecule has 4 rings (SSSR count). The van der Waals surface area contributed by atoms with Crippen molar-refractivity contribution in [1.82, 2.24) is 10.3 Å². The van der Waals surface area contributed by atoms with Crippen LogP contribution in [-0.2, 0) is 9.53 Å². The van der Waals surface area contributed by atoms with E-state index in [1.165, 1.54) is 6.08 Å². The van der Waals surface area contributed by atoms with Crippen molar-refractivity contribution in [3.63, 3.8) is 0 Å². The summed E-state index contributed by atoms with van der Waals surface area (Å²) < 4.78 is 11.0. The van der Waals surface area contributed by atoms with Crippen molar-refractivity contribution in [3.05, 3.63) is 59.0 Å². The lowest BCUT2D eigenvalue weighted by molar-refractivity contribution is -0.115. The number of fused-ring (bicyclic) bond motifs is 1. The van der Waals surface area contributed by atoms with E-state index in [9.17, 15) is 14.4 Å². The Morgan fingerprint density at radius 3 is 2.89 bits per heavy atom. The molecule has 1 aliphatic heterocycles. The number of imide groups is 1. The van der Waals surface area contributed by atoms with Crippen molar-refractivity contribution >= 4 is 45.9 Å². The van der Waals surface area contributed by atoms with Gasteiger partial charge in [0.05, 0.1) is 17.1 Å². The molecule has 0 radical (unpaired) electrons. The maximum Gasteiger partial charge on any atom is 0.338 e. The summed E-state index contributed by atoms with van der Waals surface area (Å²) in [6.07, 6.45) is 4.81. The molecule has 1 aromatic carbocycles. The molecule has 8 heteroatoms. The Labute approximate surface area is 163 Å². The summed E-state index contributed by atoms with van der Waals surface area (Å²) in [5.74, 6) is -0.419. The maximum atomic E-state index is 12.0. The largest absolute Gasteiger partial charge is 0.462 e. The molecule has 0 unspecified atom stereocenters. The van der Waals surface area contributed by atoms with Gasteiger partial charge in [0.1, 0.15) is 11.3 Å². The number of hydrogen-bond donors (Lipinski definition) is 1. The highest BCUT2D eigenvalue weighted by atomic mass is 32.2. The van der Waals surface area contributed by atoms with E-state index in [-0.39, 0.29) is 4.91 Å². The zero-order chi connectivity index (χ0) is 19.7. The SMILES string of the molecule is CCOC(=O)c1cccc(-c2cncc3cc(C=C4SC(=O)NC4=O)oc23)c1. The number of carbonyl (C=O) groups is 3. The highest BCUT2D eigenvalue weighted by Crippen LogP contribution is 2.33. The number of furan rings is 1. The zero-order valence-corrected chi connectivity index (χ0v) is 15.5. The first kappa shape index (κ1) is 18.0. The van der Waals surface area contributed by atoms with Crippen LogP contribution in [0.4, 0.5) is 4.79 Å². The Morgan fingerprint density at radius 2 is 2.14 bits per heavy atom. The van der Waals surface area contributed by atoms with Gasteiger partial charge in [-0.3, -0.25) is 19.9 Å². The first-order valence-corrected chi connectivity index (χ1v) is 9.27. The summed E-state index contributed by atoms with van der Waals surface area (Å²) in [6.45, 7) is 2.05. The van der Waals surface area contributed by atoms with Crippen LogP contribution in [0.5, 0.6) is 0 Å². The fourth-order valence-electron chi connectivity index (χ4n) is 2.84. The van der Waals surface area contributed by atoms with Crippen LogP contribution in [0.1, 0.15) is 23.0 Å². The lowest BCUT2D eigenvalue weighted by Gasteiger charge is -2.05. The van der Waals surface area contributed by atoms with Gasteiger partial charge in [-0.2, -0.15) is 0 Å². The summed E-state index contributed by atoms with van der Waals surface area (Å²) in [5, 5.41) is 2.53. The quantitative estimate of drug-likeness (QED) is 0.527. The van der Waals surface area contributed by atoms with Gasteiger partial charge in [0, 0.05) is 29.4 Å². The summed E-state index contributed by atoms with van der Waals surface area (Å²) in [7, 11) is 0. The van der Waals surface area contributed by atoms with E-state index in [1.54, 1.807) is 43.6 Å². The highest BCUT2D eigenvalue weighted by molar-refractivity contribution is 8.18. The topological polar surface area (TPSA) is 98.5 Å². The molecule has 2 aromatic heterocycles. The number of benzene rings is 1. The number of esters is 1. The van der Waals surface area contributed by atoms with Crippen molar-refractivity contribution in [1.29, 1.82) is 0 Å². The molecule has 1 N–H and O–H groups in total. The lowest BCUT2D eigenvalue weighted by atomic mass is 10.0. The molecule has 0 spiro atoms. The predicted molar refractivity (Wildman–Crippen MR) is 105 cm³/mol. The monoisotopic (exact) mass is 394 g/mol. The van der Waals surface area contributed by atoms with E-state index in [0.717, 1.165) is 22.7 Å². The van der Waals surface area contributed by atoms with Gasteiger partial charge in [-0.25, -0.2) is 4.79 Å². The molecule has 2 amide bonds. The van der Waals surface area contributed by atoms with Gasteiger partial charge in [-0.15, -0.1) is 0 Å². The molecule has 1 fully saturated rings. The number of amides is 2. The number of aromatic nitrogens is 1. The van der Waals surface area contributed by atoms with Crippen molar-refractivity contribution in [2.75, 3.05) is 6.61 Å². The van der Waals surface area contributed by atoms with E-state index in [1.807, 2.05) is 6.07 Å². The third-order valence-electron chi connectivity index (χ3n) is 4.04. The van der Waals surface area contributed by atoms with Crippen LogP contribution in [0.2, 0.25) is 0 Å². The minimum Gasteiger partial charge on any atom is -0.462 e. The molecule has 0 saturated carbocycles. The minimum atomic E-state index is -0.448. The predicted octanol–water partition coefficient (Wildman–Crippen LogP) is 4.00. The average molecular weight is 394 g/mol. The fraction of sp³-hybridized carbons (Fsp3) is 0.100. The van der Waals surface area contributed by atoms with Crippen LogP contribution in [0.15, 0.2) is 52.0 Å². The maximum absolute atomic E-state index is 12.0. The van der Waals surface area contributed by atoms with Crippen molar-refractivity contribution < 1.29 is 23.5 Å². The third-order valence-corrected chi connectivity index (χ3v) is 4.85. The number of nitrogens with one attached hydrogen (secondary N) is 1. The second kappa shape index (κ2) is 7.32. The fourth-order valence-corrected chi connectivity index (χ4v) is 3.50. The summed E-state index contributed by atoms with van der Waals surface area (Å²) in [6, 6.07) is 8.74. The molecule has 0 aliphatic carbocycles. The number of nitrogens with zero attached hydrogens (tertiary/aromatic N) is 1. The van der Waals surface area contributed by atoms with Gasteiger partial charge in [0.25, 0.3) is 11.1 Å². The number of carbonyl (C=O) groups excluding carboxylic acids is 3. The van der Waals surface area contributed by atoms with Gasteiger partial charge >= 0.3 is 5.97 Å². The molecule has 3 aromatic rings. The smallest absolute Gasteiger partial charge is 0.338 e. The second-order valence-corrected chi connectivity index (χ2v) is 6.92. The molecule has 1 saturated heterocycles. The second-order valence-electron chi connectivity index (χ2n) is 5.91. The first-order valence-electron chi connectivity index (χ1n) is 8.45. The number of rotatable bonds is 4. The molecule has 28 heavy (non-hydrogen) atoms. The molecular weight excluding hydrogens is 380 g/mol. The van der Waals surface area contributed by atoms with Gasteiger partial charge < -0.3 is 9.15 Å². The highest BCUT2D eigenvalue weighted by Gasteiger charge is 2.25. The Bertz CT molecular complexity index is 1150. The van der Waals surface area contributed by atoms with Crippen molar-refractivity contribution in [3.8, 4) is 11.1 Å². The summed E-state index contributed by atoms with van der Waals surface area (Å²) in [5.41, 5.74) is 2.45. The van der Waals surface area contributed by atoms with Crippen molar-refractivity contribution in [2.24, 2.45) is 0 Å². The lowest BCUT2D eigenvalue weighted by Crippen LogP contribution is -2.17.